The molecule has 0 aliphatic rings. The van der Waals surface area contributed by atoms with E-state index in [2.05, 4.69) is 30.2 Å². The maximum atomic E-state index is 13.8. The first-order valence-corrected chi connectivity index (χ1v) is 9.41. The van der Waals surface area contributed by atoms with Crippen molar-refractivity contribution in [1.29, 1.82) is 0 Å². The van der Waals surface area contributed by atoms with Crippen molar-refractivity contribution in [1.82, 2.24) is 34.8 Å². The molecule has 4 heterocycles. The highest BCUT2D eigenvalue weighted by Crippen LogP contribution is 2.38. The van der Waals surface area contributed by atoms with E-state index in [-0.39, 0.29) is 45.6 Å². The molecule has 166 valence electrons. The van der Waals surface area contributed by atoms with Gasteiger partial charge in [0.15, 0.2) is 11.5 Å². The van der Waals surface area contributed by atoms with E-state index in [1.165, 1.54) is 31.3 Å². The summed E-state index contributed by atoms with van der Waals surface area (Å²) in [7, 11) is 0. The molecule has 5 aromatic rings. The van der Waals surface area contributed by atoms with Crippen LogP contribution in [-0.4, -0.2) is 34.8 Å². The normalized spacial score (nSPS) is 11.9. The molecule has 33 heavy (non-hydrogen) atoms. The summed E-state index contributed by atoms with van der Waals surface area (Å²) in [5, 5.41) is 9.67. The highest BCUT2D eigenvalue weighted by Gasteiger charge is 2.38. The van der Waals surface area contributed by atoms with Crippen molar-refractivity contribution >= 4 is 5.65 Å². The van der Waals surface area contributed by atoms with Gasteiger partial charge in [0.05, 0.1) is 11.3 Å². The molecular weight excluding hydrogens is 443 g/mol. The topological polar surface area (TPSA) is 135 Å². The fraction of sp³-hybridized carbons (Fsp3) is 0.100. The average Bonchev–Trinajstić information content (AvgIpc) is 3.40. The number of hydrogen-bond acceptors (Lipinski definition) is 7. The van der Waals surface area contributed by atoms with Crippen molar-refractivity contribution in [3.05, 3.63) is 74.7 Å². The fourth-order valence-corrected chi connectivity index (χ4v) is 3.41. The molecular formula is C20H12F3N7O3. The molecule has 0 unspecified atom stereocenters. The number of halogens is 3. The molecule has 5 rings (SSSR count). The molecule has 0 bridgehead atoms. The molecule has 0 fully saturated rings. The van der Waals surface area contributed by atoms with Gasteiger partial charge in [-0.1, -0.05) is 30.3 Å². The first kappa shape index (κ1) is 20.4. The number of nitrogens with one attached hydrogen (secondary N) is 2. The van der Waals surface area contributed by atoms with Crippen LogP contribution in [0, 0.1) is 6.92 Å². The highest BCUT2D eigenvalue weighted by molar-refractivity contribution is 5.81. The van der Waals surface area contributed by atoms with Crippen LogP contribution in [-0.2, 0) is 6.18 Å². The summed E-state index contributed by atoms with van der Waals surface area (Å²) < 4.78 is 47.6. The van der Waals surface area contributed by atoms with Gasteiger partial charge in [-0.2, -0.15) is 17.7 Å². The van der Waals surface area contributed by atoms with Crippen molar-refractivity contribution in [3.63, 3.8) is 0 Å². The third-order valence-corrected chi connectivity index (χ3v) is 4.82. The van der Waals surface area contributed by atoms with Crippen molar-refractivity contribution in [3.8, 4) is 34.3 Å². The molecule has 0 atom stereocenters. The SMILES string of the molecule is Cc1nc2c(-c3ccccc3)c(C(F)(F)F)[nH]n2c(=O)c1-c1nnc(-c2nccc(=O)[nH]2)o1. The largest absolute Gasteiger partial charge is 0.433 e. The summed E-state index contributed by atoms with van der Waals surface area (Å²) >= 11 is 0. The van der Waals surface area contributed by atoms with E-state index < -0.39 is 23.0 Å². The number of H-pyrrole nitrogens is 2. The van der Waals surface area contributed by atoms with E-state index in [0.29, 0.717) is 4.52 Å². The zero-order chi connectivity index (χ0) is 23.3. The standard InChI is InChI=1S/C20H12F3N7O3/c1-9-12(17-27-28-18(33-17)15-24-8-7-11(31)26-15)19(32)30-16(25-9)13(10-5-3-2-4-6-10)14(29-30)20(21,22)23/h2-8,29H,1H3,(H,24,26,31). The monoisotopic (exact) mass is 455 g/mol. The number of aromatic nitrogens is 7. The van der Waals surface area contributed by atoms with Gasteiger partial charge < -0.3 is 9.40 Å². The van der Waals surface area contributed by atoms with Crippen LogP contribution in [0.3, 0.4) is 0 Å². The Morgan fingerprint density at radius 3 is 2.42 bits per heavy atom. The lowest BCUT2D eigenvalue weighted by molar-refractivity contribution is -0.140. The van der Waals surface area contributed by atoms with Crippen LogP contribution in [0.5, 0.6) is 0 Å². The maximum absolute atomic E-state index is 13.8. The molecule has 1 aromatic carbocycles. The quantitative estimate of drug-likeness (QED) is 0.427. The van der Waals surface area contributed by atoms with Crippen molar-refractivity contribution in [2.45, 2.75) is 13.1 Å². The summed E-state index contributed by atoms with van der Waals surface area (Å²) in [5.74, 6) is -0.497. The number of rotatable bonds is 3. The Morgan fingerprint density at radius 2 is 1.73 bits per heavy atom. The van der Waals surface area contributed by atoms with E-state index >= 15 is 0 Å². The lowest BCUT2D eigenvalue weighted by Crippen LogP contribution is -2.20. The minimum absolute atomic E-state index is 0.0290. The highest BCUT2D eigenvalue weighted by atomic mass is 19.4. The number of alkyl halides is 3. The maximum Gasteiger partial charge on any atom is 0.433 e. The third-order valence-electron chi connectivity index (χ3n) is 4.82. The van der Waals surface area contributed by atoms with Gasteiger partial charge >= 0.3 is 6.18 Å². The molecule has 0 amide bonds. The first-order valence-electron chi connectivity index (χ1n) is 9.41. The number of benzene rings is 1. The Morgan fingerprint density at radius 1 is 1.00 bits per heavy atom. The molecule has 0 spiro atoms. The Kier molecular flexibility index (Phi) is 4.48. The van der Waals surface area contributed by atoms with Crippen LogP contribution < -0.4 is 11.1 Å². The summed E-state index contributed by atoms with van der Waals surface area (Å²) in [5.41, 5.74) is -2.78. The minimum Gasteiger partial charge on any atom is -0.413 e. The second-order valence-electron chi connectivity index (χ2n) is 6.96. The van der Waals surface area contributed by atoms with Crippen molar-refractivity contribution in [2.24, 2.45) is 0 Å². The zero-order valence-electron chi connectivity index (χ0n) is 16.6. The lowest BCUT2D eigenvalue weighted by atomic mass is 10.1. The number of hydrogen-bond donors (Lipinski definition) is 2. The second kappa shape index (κ2) is 7.25. The molecule has 10 nitrogen and oxygen atoms in total. The number of nitrogens with zero attached hydrogens (tertiary/aromatic N) is 5. The van der Waals surface area contributed by atoms with Crippen molar-refractivity contribution < 1.29 is 17.6 Å². The Bertz CT molecular complexity index is 1610. The minimum atomic E-state index is -4.78. The van der Waals surface area contributed by atoms with Gasteiger partial charge in [0, 0.05) is 12.3 Å². The molecule has 4 aromatic heterocycles. The average molecular weight is 455 g/mol. The van der Waals surface area contributed by atoms with Crippen LogP contribution >= 0.6 is 0 Å². The van der Waals surface area contributed by atoms with E-state index in [9.17, 15) is 22.8 Å². The lowest BCUT2D eigenvalue weighted by Gasteiger charge is -2.07. The number of aryl methyl sites for hydroxylation is 1. The van der Waals surface area contributed by atoms with E-state index in [1.54, 1.807) is 18.2 Å². The molecule has 0 aliphatic carbocycles. The fourth-order valence-electron chi connectivity index (χ4n) is 3.41. The Labute approximate surface area is 180 Å². The van der Waals surface area contributed by atoms with Crippen LogP contribution in [0.25, 0.3) is 39.9 Å². The summed E-state index contributed by atoms with van der Waals surface area (Å²) in [4.78, 5) is 35.2. The molecule has 0 saturated carbocycles. The van der Waals surface area contributed by atoms with Crippen LogP contribution in [0.2, 0.25) is 0 Å². The molecule has 0 saturated heterocycles. The van der Waals surface area contributed by atoms with Gasteiger partial charge in [0.2, 0.25) is 0 Å². The zero-order valence-corrected chi connectivity index (χ0v) is 16.6. The van der Waals surface area contributed by atoms with Crippen LogP contribution in [0.4, 0.5) is 13.2 Å². The first-order chi connectivity index (χ1) is 15.7. The smallest absolute Gasteiger partial charge is 0.413 e. The van der Waals surface area contributed by atoms with Gasteiger partial charge in [-0.25, -0.2) is 9.97 Å². The van der Waals surface area contributed by atoms with Crippen molar-refractivity contribution in [2.75, 3.05) is 0 Å². The van der Waals surface area contributed by atoms with E-state index in [0.717, 1.165) is 0 Å². The van der Waals surface area contributed by atoms with E-state index in [4.69, 9.17) is 4.42 Å². The van der Waals surface area contributed by atoms with Gasteiger partial charge in [-0.3, -0.25) is 14.7 Å². The summed E-state index contributed by atoms with van der Waals surface area (Å²) in [6.45, 7) is 1.44. The second-order valence-corrected chi connectivity index (χ2v) is 6.96. The predicted octanol–water partition coefficient (Wildman–Crippen LogP) is 2.82. The molecule has 2 N–H and O–H groups in total. The van der Waals surface area contributed by atoms with Gasteiger partial charge in [0.1, 0.15) is 11.3 Å². The molecule has 0 aliphatic heterocycles. The van der Waals surface area contributed by atoms with Gasteiger partial charge in [0.25, 0.3) is 22.9 Å². The summed E-state index contributed by atoms with van der Waals surface area (Å²) in [6.07, 6.45) is -3.55. The molecule has 13 heteroatoms. The summed E-state index contributed by atoms with van der Waals surface area (Å²) in [6, 6.07) is 9.00. The number of aromatic amines is 2. The van der Waals surface area contributed by atoms with Crippen LogP contribution in [0.1, 0.15) is 11.4 Å². The van der Waals surface area contributed by atoms with Crippen LogP contribution in [0.15, 0.2) is 56.6 Å². The Hall–Kier alpha value is -4.55. The Balaban J connectivity index is 1.74. The van der Waals surface area contributed by atoms with Gasteiger partial charge in [-0.15, -0.1) is 10.2 Å². The predicted molar refractivity (Wildman–Crippen MR) is 108 cm³/mol. The number of fused-ring (bicyclic) bond motifs is 1. The van der Waals surface area contributed by atoms with Gasteiger partial charge in [-0.05, 0) is 12.5 Å². The van der Waals surface area contributed by atoms with E-state index in [1.807, 2.05) is 0 Å². The third kappa shape index (κ3) is 3.39. The molecule has 0 radical (unpaired) electrons.